The van der Waals surface area contributed by atoms with Gasteiger partial charge in [-0.05, 0) is 57.3 Å². The number of likely N-dealkylation sites (tertiary alicyclic amines) is 1. The number of rotatable bonds is 5. The SMILES string of the molecule is CN(C)C1CCCN(C(=O)c2cccc(S(=O)(=O)Nc3ccccc3Cl)c2)C1. The number of nitrogens with one attached hydrogen (secondary N) is 1. The van der Waals surface area contributed by atoms with Gasteiger partial charge in [-0.15, -0.1) is 0 Å². The lowest BCUT2D eigenvalue weighted by molar-refractivity contribution is 0.0635. The fraction of sp³-hybridized carbons (Fsp3) is 0.350. The maximum Gasteiger partial charge on any atom is 0.261 e. The van der Waals surface area contributed by atoms with Crippen molar-refractivity contribution in [2.45, 2.75) is 23.8 Å². The van der Waals surface area contributed by atoms with Gasteiger partial charge in [0.25, 0.3) is 15.9 Å². The second-order valence-corrected chi connectivity index (χ2v) is 9.21. The highest BCUT2D eigenvalue weighted by atomic mass is 35.5. The van der Waals surface area contributed by atoms with Crippen molar-refractivity contribution in [3.05, 3.63) is 59.1 Å². The van der Waals surface area contributed by atoms with Crippen LogP contribution >= 0.6 is 11.6 Å². The van der Waals surface area contributed by atoms with E-state index in [2.05, 4.69) is 9.62 Å². The smallest absolute Gasteiger partial charge is 0.261 e. The summed E-state index contributed by atoms with van der Waals surface area (Å²) in [5.41, 5.74) is 0.659. The number of likely N-dealkylation sites (N-methyl/N-ethyl adjacent to an activating group) is 1. The summed E-state index contributed by atoms with van der Waals surface area (Å²) in [5.74, 6) is -0.152. The fourth-order valence-electron chi connectivity index (χ4n) is 3.29. The number of hydrogen-bond donors (Lipinski definition) is 1. The molecule has 1 aliphatic rings. The van der Waals surface area contributed by atoms with E-state index in [1.807, 2.05) is 14.1 Å². The average Bonchev–Trinajstić information content (AvgIpc) is 2.69. The summed E-state index contributed by atoms with van der Waals surface area (Å²) in [7, 11) is 0.152. The van der Waals surface area contributed by atoms with Crippen LogP contribution in [0.1, 0.15) is 23.2 Å². The molecule has 1 saturated heterocycles. The molecule has 0 spiro atoms. The van der Waals surface area contributed by atoms with Crippen LogP contribution < -0.4 is 4.72 Å². The highest BCUT2D eigenvalue weighted by Crippen LogP contribution is 2.25. The molecule has 1 heterocycles. The summed E-state index contributed by atoms with van der Waals surface area (Å²) in [6.45, 7) is 1.32. The first kappa shape index (κ1) is 20.6. The molecule has 1 fully saturated rings. The number of carbonyl (C=O) groups excluding carboxylic acids is 1. The number of anilines is 1. The third-order valence-electron chi connectivity index (χ3n) is 4.92. The van der Waals surface area contributed by atoms with Gasteiger partial charge in [0.1, 0.15) is 0 Å². The fourth-order valence-corrected chi connectivity index (χ4v) is 4.65. The van der Waals surface area contributed by atoms with Crippen molar-refractivity contribution in [2.75, 3.05) is 31.9 Å². The third kappa shape index (κ3) is 4.66. The van der Waals surface area contributed by atoms with E-state index in [1.165, 1.54) is 12.1 Å². The number of sulfonamides is 1. The van der Waals surface area contributed by atoms with Gasteiger partial charge in [0.2, 0.25) is 0 Å². The molecular weight excluding hydrogens is 398 g/mol. The normalized spacial score (nSPS) is 17.6. The van der Waals surface area contributed by atoms with Gasteiger partial charge in [-0.2, -0.15) is 0 Å². The summed E-state index contributed by atoms with van der Waals surface area (Å²) in [4.78, 5) is 16.9. The number of hydrogen-bond acceptors (Lipinski definition) is 4. The number of benzene rings is 2. The van der Waals surface area contributed by atoms with Crippen molar-refractivity contribution >= 4 is 33.2 Å². The quantitative estimate of drug-likeness (QED) is 0.804. The number of piperidine rings is 1. The first-order valence-corrected chi connectivity index (χ1v) is 11.0. The minimum Gasteiger partial charge on any atom is -0.337 e. The Balaban J connectivity index is 1.81. The zero-order chi connectivity index (χ0) is 20.3. The monoisotopic (exact) mass is 421 g/mol. The summed E-state index contributed by atoms with van der Waals surface area (Å²) in [5, 5.41) is 0.307. The summed E-state index contributed by atoms with van der Waals surface area (Å²) >= 11 is 6.05. The van der Waals surface area contributed by atoms with E-state index < -0.39 is 10.0 Å². The average molecular weight is 422 g/mol. The van der Waals surface area contributed by atoms with Crippen molar-refractivity contribution in [3.8, 4) is 0 Å². The molecule has 28 heavy (non-hydrogen) atoms. The molecular formula is C20H24ClN3O3S. The Labute approximate surface area is 171 Å². The van der Waals surface area contributed by atoms with Crippen LogP contribution in [0, 0.1) is 0 Å². The van der Waals surface area contributed by atoms with Crippen molar-refractivity contribution in [3.63, 3.8) is 0 Å². The molecule has 1 unspecified atom stereocenters. The van der Waals surface area contributed by atoms with Crippen LogP contribution in [0.5, 0.6) is 0 Å². The maximum absolute atomic E-state index is 12.9. The molecule has 2 aromatic carbocycles. The van der Waals surface area contributed by atoms with Gasteiger partial charge < -0.3 is 9.80 Å². The second-order valence-electron chi connectivity index (χ2n) is 7.12. The van der Waals surface area contributed by atoms with Crippen LogP contribution in [0.3, 0.4) is 0 Å². The predicted octanol–water partition coefficient (Wildman–Crippen LogP) is 3.31. The second kappa shape index (κ2) is 8.51. The van der Waals surface area contributed by atoms with E-state index in [4.69, 9.17) is 11.6 Å². The van der Waals surface area contributed by atoms with Crippen LogP contribution in [0.4, 0.5) is 5.69 Å². The van der Waals surface area contributed by atoms with Crippen LogP contribution in [0.15, 0.2) is 53.4 Å². The Morgan fingerprint density at radius 2 is 1.93 bits per heavy atom. The lowest BCUT2D eigenvalue weighted by Crippen LogP contribution is -2.47. The van der Waals surface area contributed by atoms with Crippen LogP contribution in [0.2, 0.25) is 5.02 Å². The molecule has 1 amide bonds. The van der Waals surface area contributed by atoms with Gasteiger partial charge in [0, 0.05) is 24.7 Å². The maximum atomic E-state index is 12.9. The molecule has 0 aliphatic carbocycles. The van der Waals surface area contributed by atoms with Crippen LogP contribution in [0.25, 0.3) is 0 Å². The molecule has 8 heteroatoms. The van der Waals surface area contributed by atoms with Crippen LogP contribution in [-0.4, -0.2) is 57.4 Å². The van der Waals surface area contributed by atoms with Gasteiger partial charge in [-0.25, -0.2) is 8.42 Å². The number of amides is 1. The molecule has 2 aromatic rings. The zero-order valence-corrected chi connectivity index (χ0v) is 17.5. The lowest BCUT2D eigenvalue weighted by atomic mass is 10.0. The highest BCUT2D eigenvalue weighted by Gasteiger charge is 2.26. The van der Waals surface area contributed by atoms with Gasteiger partial charge in [0.15, 0.2) is 0 Å². The van der Waals surface area contributed by atoms with Gasteiger partial charge in [0.05, 0.1) is 15.6 Å². The van der Waals surface area contributed by atoms with Crippen molar-refractivity contribution in [1.29, 1.82) is 0 Å². The molecule has 150 valence electrons. The molecule has 1 N–H and O–H groups in total. The first-order chi connectivity index (χ1) is 13.3. The first-order valence-electron chi connectivity index (χ1n) is 9.11. The van der Waals surface area contributed by atoms with E-state index in [9.17, 15) is 13.2 Å². The van der Waals surface area contributed by atoms with E-state index in [1.54, 1.807) is 41.3 Å². The Morgan fingerprint density at radius 3 is 2.64 bits per heavy atom. The van der Waals surface area contributed by atoms with Gasteiger partial charge in [-0.3, -0.25) is 9.52 Å². The summed E-state index contributed by atoms with van der Waals surface area (Å²) < 4.78 is 28.0. The lowest BCUT2D eigenvalue weighted by Gasteiger charge is -2.36. The summed E-state index contributed by atoms with van der Waals surface area (Å²) in [6.07, 6.45) is 1.98. The molecule has 1 aliphatic heterocycles. The Kier molecular flexibility index (Phi) is 6.27. The number of nitrogens with zero attached hydrogens (tertiary/aromatic N) is 2. The Hall–Kier alpha value is -2.09. The molecule has 0 radical (unpaired) electrons. The van der Waals surface area contributed by atoms with Gasteiger partial charge in [-0.1, -0.05) is 29.8 Å². The van der Waals surface area contributed by atoms with E-state index in [0.29, 0.717) is 35.4 Å². The Bertz CT molecular complexity index is 963. The number of carbonyl (C=O) groups is 1. The number of para-hydroxylation sites is 1. The molecule has 6 nitrogen and oxygen atoms in total. The minimum atomic E-state index is -3.86. The number of halogens is 1. The molecule has 3 rings (SSSR count). The minimum absolute atomic E-state index is 0.0273. The summed E-state index contributed by atoms with van der Waals surface area (Å²) in [6, 6.07) is 13.0. The highest BCUT2D eigenvalue weighted by molar-refractivity contribution is 7.92. The molecule has 1 atom stereocenters. The standard InChI is InChI=1S/C20H24ClN3O3S/c1-23(2)16-8-6-12-24(14-16)20(25)15-7-5-9-17(13-15)28(26,27)22-19-11-4-3-10-18(19)21/h3-5,7,9-11,13,16,22H,6,8,12,14H2,1-2H3. The van der Waals surface area contributed by atoms with E-state index in [-0.39, 0.29) is 10.8 Å². The van der Waals surface area contributed by atoms with Gasteiger partial charge >= 0.3 is 0 Å². The van der Waals surface area contributed by atoms with E-state index >= 15 is 0 Å². The van der Waals surface area contributed by atoms with Crippen LogP contribution in [-0.2, 0) is 10.0 Å². The van der Waals surface area contributed by atoms with E-state index in [0.717, 1.165) is 12.8 Å². The third-order valence-corrected chi connectivity index (χ3v) is 6.62. The Morgan fingerprint density at radius 1 is 1.18 bits per heavy atom. The molecule has 0 saturated carbocycles. The van der Waals surface area contributed by atoms with Crippen molar-refractivity contribution < 1.29 is 13.2 Å². The topological polar surface area (TPSA) is 69.7 Å². The largest absolute Gasteiger partial charge is 0.337 e. The zero-order valence-electron chi connectivity index (χ0n) is 15.9. The van der Waals surface area contributed by atoms with Crippen molar-refractivity contribution in [1.82, 2.24) is 9.80 Å². The van der Waals surface area contributed by atoms with Crippen molar-refractivity contribution in [2.24, 2.45) is 0 Å². The molecule has 0 aromatic heterocycles. The predicted molar refractivity (Wildman–Crippen MR) is 111 cm³/mol. The molecule has 0 bridgehead atoms.